The number of anilines is 1. The summed E-state index contributed by atoms with van der Waals surface area (Å²) in [6, 6.07) is 4.79. The lowest BCUT2D eigenvalue weighted by Crippen LogP contribution is -2.30. The van der Waals surface area contributed by atoms with Gasteiger partial charge >= 0.3 is 6.18 Å². The Morgan fingerprint density at radius 3 is 2.63 bits per heavy atom. The molecular formula is C13H12F3NO2. The number of nitrogens with zero attached hydrogens (tertiary/aromatic N) is 1. The number of rotatable bonds is 2. The van der Waals surface area contributed by atoms with Crippen LogP contribution in [0.15, 0.2) is 24.3 Å². The number of aliphatic hydroxyl groups excluding tert-OH is 1. The van der Waals surface area contributed by atoms with E-state index >= 15 is 0 Å². The van der Waals surface area contributed by atoms with Gasteiger partial charge in [-0.3, -0.25) is 4.79 Å². The number of amides is 1. The van der Waals surface area contributed by atoms with Crippen molar-refractivity contribution in [3.63, 3.8) is 0 Å². The van der Waals surface area contributed by atoms with E-state index in [4.69, 9.17) is 5.11 Å². The number of aliphatic hydroxyl groups is 1. The number of benzene rings is 1. The summed E-state index contributed by atoms with van der Waals surface area (Å²) in [6.45, 7) is 0.369. The van der Waals surface area contributed by atoms with Gasteiger partial charge < -0.3 is 10.0 Å². The van der Waals surface area contributed by atoms with Gasteiger partial charge in [0.2, 0.25) is 5.91 Å². The number of fused-ring (bicyclic) bond motifs is 1. The number of carbonyl (C=O) groups is 1. The summed E-state index contributed by atoms with van der Waals surface area (Å²) in [5, 5.41) is 9.02. The van der Waals surface area contributed by atoms with E-state index in [0.717, 1.165) is 12.1 Å². The van der Waals surface area contributed by atoms with Gasteiger partial charge in [-0.1, -0.05) is 6.07 Å². The molecule has 1 N–H and O–H groups in total. The third-order valence-corrected chi connectivity index (χ3v) is 3.97. The van der Waals surface area contributed by atoms with Crippen LogP contribution < -0.4 is 4.90 Å². The molecule has 102 valence electrons. The SMILES string of the molecule is O=C1C2C(CO)C2CN1c1cccc(C(F)(F)F)c1. The van der Waals surface area contributed by atoms with Gasteiger partial charge in [0.25, 0.3) is 0 Å². The fourth-order valence-electron chi connectivity index (χ4n) is 2.87. The van der Waals surface area contributed by atoms with Crippen molar-refractivity contribution >= 4 is 11.6 Å². The first-order valence-corrected chi connectivity index (χ1v) is 6.03. The molecule has 0 bridgehead atoms. The first-order chi connectivity index (χ1) is 8.93. The molecule has 1 aliphatic carbocycles. The summed E-state index contributed by atoms with van der Waals surface area (Å²) in [5.41, 5.74) is -0.471. The van der Waals surface area contributed by atoms with E-state index in [1.807, 2.05) is 0 Å². The smallest absolute Gasteiger partial charge is 0.396 e. The van der Waals surface area contributed by atoms with Crippen LogP contribution in [-0.4, -0.2) is 24.2 Å². The zero-order valence-electron chi connectivity index (χ0n) is 9.89. The van der Waals surface area contributed by atoms with Gasteiger partial charge in [0.1, 0.15) is 0 Å². The van der Waals surface area contributed by atoms with Gasteiger partial charge in [0.15, 0.2) is 0 Å². The lowest BCUT2D eigenvalue weighted by Gasteiger charge is -2.21. The van der Waals surface area contributed by atoms with Crippen molar-refractivity contribution < 1.29 is 23.1 Å². The molecule has 1 aliphatic heterocycles. The highest BCUT2D eigenvalue weighted by Gasteiger charge is 2.61. The van der Waals surface area contributed by atoms with Gasteiger partial charge in [0, 0.05) is 24.8 Å². The van der Waals surface area contributed by atoms with Crippen molar-refractivity contribution in [3.05, 3.63) is 29.8 Å². The fourth-order valence-corrected chi connectivity index (χ4v) is 2.87. The average molecular weight is 271 g/mol. The first-order valence-electron chi connectivity index (χ1n) is 6.03. The van der Waals surface area contributed by atoms with Crippen LogP contribution in [0.5, 0.6) is 0 Å². The highest BCUT2D eigenvalue weighted by molar-refractivity contribution is 6.00. The molecule has 19 heavy (non-hydrogen) atoms. The molecule has 3 unspecified atom stereocenters. The molecule has 1 aromatic carbocycles. The van der Waals surface area contributed by atoms with Crippen LogP contribution in [0.4, 0.5) is 18.9 Å². The molecule has 1 saturated carbocycles. The quantitative estimate of drug-likeness (QED) is 0.892. The maximum Gasteiger partial charge on any atom is 0.416 e. The van der Waals surface area contributed by atoms with Crippen molar-refractivity contribution in [3.8, 4) is 0 Å². The normalized spacial score (nSPS) is 29.6. The molecule has 1 amide bonds. The summed E-state index contributed by atoms with van der Waals surface area (Å²) in [4.78, 5) is 13.4. The summed E-state index contributed by atoms with van der Waals surface area (Å²) in [5.74, 6) is -0.301. The van der Waals surface area contributed by atoms with E-state index in [-0.39, 0.29) is 36.0 Å². The van der Waals surface area contributed by atoms with Crippen LogP contribution in [-0.2, 0) is 11.0 Å². The van der Waals surface area contributed by atoms with Crippen LogP contribution in [0.2, 0.25) is 0 Å². The zero-order chi connectivity index (χ0) is 13.8. The lowest BCUT2D eigenvalue weighted by molar-refractivity contribution is -0.137. The Labute approximate surface area is 107 Å². The minimum Gasteiger partial charge on any atom is -0.396 e. The molecule has 1 heterocycles. The Morgan fingerprint density at radius 2 is 2.11 bits per heavy atom. The van der Waals surface area contributed by atoms with Crippen LogP contribution in [0, 0.1) is 17.8 Å². The van der Waals surface area contributed by atoms with E-state index in [1.165, 1.54) is 17.0 Å². The second-order valence-electron chi connectivity index (χ2n) is 5.03. The number of hydrogen-bond donors (Lipinski definition) is 1. The summed E-state index contributed by atoms with van der Waals surface area (Å²) in [7, 11) is 0. The maximum atomic E-state index is 12.6. The van der Waals surface area contributed by atoms with Crippen LogP contribution in [0.3, 0.4) is 0 Å². The van der Waals surface area contributed by atoms with Crippen molar-refractivity contribution in [2.75, 3.05) is 18.1 Å². The van der Waals surface area contributed by atoms with Crippen LogP contribution in [0.25, 0.3) is 0 Å². The molecule has 0 radical (unpaired) electrons. The van der Waals surface area contributed by atoms with Gasteiger partial charge in [-0.25, -0.2) is 0 Å². The lowest BCUT2D eigenvalue weighted by atomic mass is 10.1. The predicted molar refractivity (Wildman–Crippen MR) is 61.4 cm³/mol. The average Bonchev–Trinajstić information content (AvgIpc) is 2.97. The van der Waals surface area contributed by atoms with Crippen molar-refractivity contribution in [2.45, 2.75) is 6.18 Å². The van der Waals surface area contributed by atoms with E-state index in [0.29, 0.717) is 6.54 Å². The van der Waals surface area contributed by atoms with E-state index < -0.39 is 11.7 Å². The molecule has 2 aliphatic rings. The highest BCUT2D eigenvalue weighted by atomic mass is 19.4. The van der Waals surface area contributed by atoms with Crippen molar-refractivity contribution in [1.82, 2.24) is 0 Å². The molecule has 3 rings (SSSR count). The Kier molecular flexibility index (Phi) is 2.60. The predicted octanol–water partition coefficient (Wildman–Crippen LogP) is 1.91. The standard InChI is InChI=1S/C13H12F3NO2/c14-13(15,16)7-2-1-3-8(4-7)17-5-9-10(6-18)11(9)12(17)19/h1-4,9-11,18H,5-6H2. The minimum absolute atomic E-state index is 0.00505. The molecular weight excluding hydrogens is 259 g/mol. The van der Waals surface area contributed by atoms with E-state index in [2.05, 4.69) is 0 Å². The fraction of sp³-hybridized carbons (Fsp3) is 0.462. The molecule has 2 fully saturated rings. The number of hydrogen-bond acceptors (Lipinski definition) is 2. The van der Waals surface area contributed by atoms with E-state index in [9.17, 15) is 18.0 Å². The Hall–Kier alpha value is -1.56. The highest BCUT2D eigenvalue weighted by Crippen LogP contribution is 2.53. The molecule has 1 aromatic rings. The molecule has 3 nitrogen and oxygen atoms in total. The third kappa shape index (κ3) is 1.90. The van der Waals surface area contributed by atoms with Crippen LogP contribution >= 0.6 is 0 Å². The number of piperidine rings is 1. The number of alkyl halides is 3. The molecule has 6 heteroatoms. The first kappa shape index (κ1) is 12.5. The molecule has 0 aromatic heterocycles. The second-order valence-corrected chi connectivity index (χ2v) is 5.03. The molecule has 3 atom stereocenters. The largest absolute Gasteiger partial charge is 0.416 e. The zero-order valence-corrected chi connectivity index (χ0v) is 9.89. The number of halogens is 3. The van der Waals surface area contributed by atoms with Gasteiger partial charge in [0.05, 0.1) is 5.56 Å². The monoisotopic (exact) mass is 271 g/mol. The van der Waals surface area contributed by atoms with Crippen molar-refractivity contribution in [2.24, 2.45) is 17.8 Å². The van der Waals surface area contributed by atoms with Crippen molar-refractivity contribution in [1.29, 1.82) is 0 Å². The molecule has 0 spiro atoms. The Bertz CT molecular complexity index is 529. The summed E-state index contributed by atoms with van der Waals surface area (Å²) < 4.78 is 37.9. The second kappa shape index (κ2) is 3.96. The van der Waals surface area contributed by atoms with Gasteiger partial charge in [-0.05, 0) is 30.0 Å². The van der Waals surface area contributed by atoms with Crippen LogP contribution in [0.1, 0.15) is 5.56 Å². The maximum absolute atomic E-state index is 12.6. The molecule has 1 saturated heterocycles. The summed E-state index contributed by atoms with van der Waals surface area (Å²) in [6.07, 6.45) is -4.41. The van der Waals surface area contributed by atoms with Gasteiger partial charge in [-0.15, -0.1) is 0 Å². The summed E-state index contributed by atoms with van der Waals surface area (Å²) >= 11 is 0. The topological polar surface area (TPSA) is 40.5 Å². The third-order valence-electron chi connectivity index (χ3n) is 3.97. The Morgan fingerprint density at radius 1 is 1.37 bits per heavy atom. The van der Waals surface area contributed by atoms with E-state index in [1.54, 1.807) is 0 Å². The minimum atomic E-state index is -4.41. The Balaban J connectivity index is 1.84. The van der Waals surface area contributed by atoms with Gasteiger partial charge in [-0.2, -0.15) is 13.2 Å². The number of carbonyl (C=O) groups excluding carboxylic acids is 1.